The van der Waals surface area contributed by atoms with E-state index in [1.54, 1.807) is 0 Å². The summed E-state index contributed by atoms with van der Waals surface area (Å²) in [7, 11) is 0. The molecule has 0 aliphatic carbocycles. The summed E-state index contributed by atoms with van der Waals surface area (Å²) in [6.45, 7) is 1.31. The Hall–Kier alpha value is -3.24. The molecule has 0 fully saturated rings. The summed E-state index contributed by atoms with van der Waals surface area (Å²) in [4.78, 5) is 49.0. The van der Waals surface area contributed by atoms with Crippen molar-refractivity contribution in [1.82, 2.24) is 59.8 Å². The van der Waals surface area contributed by atoms with Crippen LogP contribution in [0.2, 0.25) is 20.1 Å². The van der Waals surface area contributed by atoms with Gasteiger partial charge in [0.15, 0.2) is 19.7 Å². The van der Waals surface area contributed by atoms with Gasteiger partial charge in [0.05, 0.1) is 0 Å². The second-order valence-electron chi connectivity index (χ2n) is 7.26. The monoisotopic (exact) mass is 693 g/mol. The van der Waals surface area contributed by atoms with Gasteiger partial charge in [-0.25, -0.2) is 0 Å². The van der Waals surface area contributed by atoms with Gasteiger partial charge < -0.3 is 33.1 Å². The first-order valence-electron chi connectivity index (χ1n) is 13.0. The molecule has 0 aliphatic heterocycles. The highest BCUT2D eigenvalue weighted by molar-refractivity contribution is 7.99. The van der Waals surface area contributed by atoms with E-state index in [1.807, 2.05) is 0 Å². The van der Waals surface area contributed by atoms with Crippen LogP contribution in [0.5, 0.6) is 0 Å². The summed E-state index contributed by atoms with van der Waals surface area (Å²) in [5.41, 5.74) is 6.27. The van der Waals surface area contributed by atoms with Gasteiger partial charge in [0.1, 0.15) is 0 Å². The van der Waals surface area contributed by atoms with Crippen LogP contribution in [0.1, 0.15) is 0 Å². The second kappa shape index (κ2) is 15.8. The summed E-state index contributed by atoms with van der Waals surface area (Å²) in [6, 6.07) is 0. The number of halogens is 3. The zero-order valence-corrected chi connectivity index (χ0v) is 25.7. The van der Waals surface area contributed by atoms with Gasteiger partial charge >= 0.3 is 0 Å². The zero-order chi connectivity index (χ0) is 32.0. The van der Waals surface area contributed by atoms with Crippen LogP contribution in [0.4, 0.5) is 35.7 Å². The number of nitrogens with one attached hydrogen (secondary N) is 3. The molecule has 0 aliphatic rings. The molecule has 24 heteroatoms. The predicted octanol–water partition coefficient (Wildman–Crippen LogP) is 1.75. The maximum Gasteiger partial charge on any atom is 0.229 e. The van der Waals surface area contributed by atoms with Gasteiger partial charge in [-0.15, -0.1) is 0 Å². The molecule has 4 aromatic rings. The van der Waals surface area contributed by atoms with E-state index in [-0.39, 0.29) is 33.7 Å². The van der Waals surface area contributed by atoms with Crippen molar-refractivity contribution in [2.24, 2.45) is 0 Å². The van der Waals surface area contributed by atoms with Crippen LogP contribution in [0.25, 0.3) is 0 Å². The van der Waals surface area contributed by atoms with Crippen molar-refractivity contribution in [2.75, 3.05) is 70.0 Å². The summed E-state index contributed by atoms with van der Waals surface area (Å²) in [5, 5.41) is 10.5. The minimum absolute atomic E-state index is 0.0189. The molecule has 0 saturated heterocycles. The Bertz CT molecular complexity index is 1380. The topological polar surface area (TPSA) is 269 Å². The van der Waals surface area contributed by atoms with Crippen LogP contribution in [0.15, 0.2) is 15.5 Å². The molecule has 222 valence electrons. The van der Waals surface area contributed by atoms with E-state index in [2.05, 4.69) is 92.9 Å². The van der Waals surface area contributed by atoms with Crippen LogP contribution in [-0.4, -0.2) is 96.7 Å². The molecule has 0 spiro atoms. The Balaban J connectivity index is 1.34. The third-order valence-corrected chi connectivity index (χ3v) is 7.30. The fraction of sp³-hybridized carbons (Fsp3) is 0.333. The Morgan fingerprint density at radius 2 is 0.786 bits per heavy atom. The molecule has 0 radical (unpaired) electrons. The molecule has 18 nitrogen and oxygen atoms in total. The third kappa shape index (κ3) is 10.9. The van der Waals surface area contributed by atoms with Crippen molar-refractivity contribution >= 4 is 106 Å². The van der Waals surface area contributed by atoms with Crippen molar-refractivity contribution < 1.29 is 4.24 Å². The lowest BCUT2D eigenvalue weighted by molar-refractivity contribution is 0.914. The number of rotatable bonds is 18. The van der Waals surface area contributed by atoms with Gasteiger partial charge in [0, 0.05) is 36.9 Å². The molecule has 4 aromatic heterocycles. The van der Waals surface area contributed by atoms with Gasteiger partial charge in [-0.1, -0.05) is 35.3 Å². The van der Waals surface area contributed by atoms with E-state index in [4.69, 9.17) is 39.0 Å². The van der Waals surface area contributed by atoms with E-state index < -0.39 is 0 Å². The Labute approximate surface area is 270 Å². The van der Waals surface area contributed by atoms with Gasteiger partial charge in [-0.05, 0) is 34.8 Å². The molecule has 9 N–H and O–H groups in total. The van der Waals surface area contributed by atoms with Crippen molar-refractivity contribution in [1.29, 1.82) is 0 Å². The first kappa shape index (κ1) is 27.6. The molecule has 0 unspecified atom stereocenters. The average molecular weight is 695 g/mol. The number of hydrogen-bond donors (Lipinski definition) is 6. The van der Waals surface area contributed by atoms with Crippen molar-refractivity contribution in [3.8, 4) is 0 Å². The molecule has 4 rings (SSSR count). The van der Waals surface area contributed by atoms with Crippen molar-refractivity contribution in [2.45, 2.75) is 15.5 Å². The van der Waals surface area contributed by atoms with Crippen LogP contribution < -0.4 is 33.1 Å². The smallest absolute Gasteiger partial charge is 0.229 e. The van der Waals surface area contributed by atoms with Crippen LogP contribution in [-0.2, 0) is 0 Å². The van der Waals surface area contributed by atoms with Gasteiger partial charge in [0.2, 0.25) is 51.5 Å². The standard InChI is InChI=1S/C18H21Cl3N18S3/c19-7-28-10(22)34-16(31-7)40-4-1-25-13-37-14(26-2-5-41-17-32-8(20)29-11(23)35-17)39-15(38-13)27-3-6-42-18-33-9(21)30-12(24)36-18/h1-6H2,(H2,22,28,31,34)(H2,23,29,32,35)(H2,24,30,33,36)(H3,25,26,27,37,38,39)/i/hD3. The minimum atomic E-state index is -0.0189. The Morgan fingerprint density at radius 1 is 0.476 bits per heavy atom. The van der Waals surface area contributed by atoms with Crippen LogP contribution in [0, 0.1) is 0 Å². The molecule has 42 heavy (non-hydrogen) atoms. The predicted molar refractivity (Wildman–Crippen MR) is 165 cm³/mol. The van der Waals surface area contributed by atoms with E-state index in [1.165, 1.54) is 35.3 Å². The SMILES string of the molecule is [2H]Nc1nc(Cl)nc(SCCNc2nc(NCCSc3nc(Cl)nc(N[2H])n3)nc(NCCSc3nc(Cl)nc(N[2H])n3)n2)n1. The highest BCUT2D eigenvalue weighted by atomic mass is 35.5. The lowest BCUT2D eigenvalue weighted by Gasteiger charge is -2.11. The number of nitrogens with two attached hydrogens (primary N) is 3. The molecule has 0 amide bonds. The molecule has 0 bridgehead atoms. The highest BCUT2D eigenvalue weighted by Gasteiger charge is 2.10. The fourth-order valence-corrected chi connectivity index (χ4v) is 5.41. The summed E-state index contributed by atoms with van der Waals surface area (Å²) >= 11 is 21.5. The zero-order valence-electron chi connectivity index (χ0n) is 24.0. The largest absolute Gasteiger partial charge is 0.368 e. The average Bonchev–Trinajstić information content (AvgIpc) is 3.02. The molecular formula is C18H21Cl3N18S3. The molecule has 4 heterocycles. The third-order valence-electron chi connectivity index (χ3n) is 4.25. The van der Waals surface area contributed by atoms with Crippen LogP contribution in [0.3, 0.4) is 0 Å². The van der Waals surface area contributed by atoms with Crippen molar-refractivity contribution in [3.05, 3.63) is 15.9 Å². The number of nitrogen functional groups attached to an aromatic ring is 3. The number of aromatic nitrogens is 12. The van der Waals surface area contributed by atoms with E-state index >= 15 is 0 Å². The van der Waals surface area contributed by atoms with Gasteiger partial charge in [-0.2, -0.15) is 59.8 Å². The van der Waals surface area contributed by atoms with E-state index in [9.17, 15) is 0 Å². The highest BCUT2D eigenvalue weighted by Crippen LogP contribution is 2.18. The fourth-order valence-electron chi connectivity index (χ4n) is 2.72. The number of thioether (sulfide) groups is 3. The van der Waals surface area contributed by atoms with Gasteiger partial charge in [-0.3, -0.25) is 0 Å². The maximum absolute atomic E-state index is 7.19. The normalized spacial score (nSPS) is 11.6. The molecular weight excluding hydrogens is 671 g/mol. The first-order valence-corrected chi connectivity index (χ1v) is 15.6. The Kier molecular flexibility index (Phi) is 10.4. The number of anilines is 6. The Morgan fingerprint density at radius 3 is 1.07 bits per heavy atom. The molecule has 0 atom stereocenters. The number of nitrogens with zero attached hydrogens (tertiary/aromatic N) is 12. The molecule has 0 saturated carbocycles. The van der Waals surface area contributed by atoms with E-state index in [0.717, 1.165) is 0 Å². The second-order valence-corrected chi connectivity index (χ2v) is 11.5. The summed E-state index contributed by atoms with van der Waals surface area (Å²) in [5.74, 6) is 2.64. The molecule has 0 aromatic carbocycles. The minimum Gasteiger partial charge on any atom is -0.368 e. The number of hydrogen-bond acceptors (Lipinski definition) is 21. The van der Waals surface area contributed by atoms with Gasteiger partial charge in [0.25, 0.3) is 0 Å². The van der Waals surface area contributed by atoms with E-state index in [0.29, 0.717) is 70.2 Å². The summed E-state index contributed by atoms with van der Waals surface area (Å²) in [6.07, 6.45) is 0. The maximum atomic E-state index is 7.19. The lowest BCUT2D eigenvalue weighted by Crippen LogP contribution is -2.16. The first-order chi connectivity index (χ1) is 21.8. The van der Waals surface area contributed by atoms with Crippen molar-refractivity contribution in [3.63, 3.8) is 0 Å². The van der Waals surface area contributed by atoms with Crippen LogP contribution >= 0.6 is 70.1 Å². The lowest BCUT2D eigenvalue weighted by atomic mass is 10.6. The summed E-state index contributed by atoms with van der Waals surface area (Å²) < 4.78 is 21.6. The quantitative estimate of drug-likeness (QED) is 0.0639.